The molecular formula is C21H18N4O3. The lowest BCUT2D eigenvalue weighted by Crippen LogP contribution is -2.20. The summed E-state index contributed by atoms with van der Waals surface area (Å²) in [6.07, 6.45) is 2.49. The normalized spacial score (nSPS) is 12.4. The highest BCUT2D eigenvalue weighted by Gasteiger charge is 2.22. The van der Waals surface area contributed by atoms with Crippen LogP contribution in [0.5, 0.6) is 0 Å². The first-order valence-corrected chi connectivity index (χ1v) is 8.84. The summed E-state index contributed by atoms with van der Waals surface area (Å²) >= 11 is 0. The average Bonchev–Trinajstić information content (AvgIpc) is 3.17. The maximum Gasteiger partial charge on any atom is 0.337 e. The lowest BCUT2D eigenvalue weighted by molar-refractivity contribution is 0.0600. The third-order valence-electron chi connectivity index (χ3n) is 4.55. The number of esters is 1. The number of anilines is 3. The molecule has 1 aliphatic heterocycles. The average molecular weight is 374 g/mol. The van der Waals surface area contributed by atoms with Crippen molar-refractivity contribution in [1.82, 2.24) is 9.97 Å². The number of benzene rings is 2. The summed E-state index contributed by atoms with van der Waals surface area (Å²) in [5.41, 5.74) is 3.39. The van der Waals surface area contributed by atoms with Gasteiger partial charge in [0.25, 0.3) is 5.91 Å². The molecule has 7 nitrogen and oxygen atoms in total. The molecule has 4 rings (SSSR count). The van der Waals surface area contributed by atoms with Crippen LogP contribution in [-0.2, 0) is 11.2 Å². The van der Waals surface area contributed by atoms with Crippen molar-refractivity contribution in [2.24, 2.45) is 0 Å². The van der Waals surface area contributed by atoms with Crippen molar-refractivity contribution in [3.05, 3.63) is 77.6 Å². The van der Waals surface area contributed by atoms with E-state index < -0.39 is 5.97 Å². The van der Waals surface area contributed by atoms with E-state index in [2.05, 4.69) is 21.4 Å². The Balaban J connectivity index is 1.55. The number of para-hydroxylation sites is 1. The molecule has 2 heterocycles. The summed E-state index contributed by atoms with van der Waals surface area (Å²) in [4.78, 5) is 35.1. The molecule has 1 aromatic heterocycles. The lowest BCUT2D eigenvalue weighted by Gasteiger charge is -2.17. The molecule has 1 N–H and O–H groups in total. The van der Waals surface area contributed by atoms with Crippen molar-refractivity contribution in [2.45, 2.75) is 6.42 Å². The van der Waals surface area contributed by atoms with Crippen LogP contribution in [0.25, 0.3) is 0 Å². The van der Waals surface area contributed by atoms with E-state index in [1.807, 2.05) is 23.1 Å². The van der Waals surface area contributed by atoms with Gasteiger partial charge < -0.3 is 15.0 Å². The van der Waals surface area contributed by atoms with E-state index >= 15 is 0 Å². The topological polar surface area (TPSA) is 84.4 Å². The van der Waals surface area contributed by atoms with Gasteiger partial charge in [-0.25, -0.2) is 14.8 Å². The second kappa shape index (κ2) is 7.48. The van der Waals surface area contributed by atoms with Gasteiger partial charge in [-0.05, 0) is 42.3 Å². The van der Waals surface area contributed by atoms with E-state index in [0.29, 0.717) is 17.2 Å². The number of fused-ring (bicyclic) bond motifs is 1. The van der Waals surface area contributed by atoms with E-state index in [1.165, 1.54) is 12.7 Å². The van der Waals surface area contributed by atoms with Crippen molar-refractivity contribution >= 4 is 29.2 Å². The van der Waals surface area contributed by atoms with Gasteiger partial charge >= 0.3 is 5.97 Å². The Morgan fingerprint density at radius 3 is 2.82 bits per heavy atom. The highest BCUT2D eigenvalue weighted by molar-refractivity contribution is 6.03. The van der Waals surface area contributed by atoms with Gasteiger partial charge in [0.1, 0.15) is 5.69 Å². The molecule has 0 spiro atoms. The maximum absolute atomic E-state index is 12.6. The van der Waals surface area contributed by atoms with E-state index in [0.717, 1.165) is 18.7 Å². The van der Waals surface area contributed by atoms with Crippen LogP contribution in [0.2, 0.25) is 0 Å². The Kier molecular flexibility index (Phi) is 4.72. The molecular weight excluding hydrogens is 356 g/mol. The number of methoxy groups -OCH3 is 1. The van der Waals surface area contributed by atoms with Crippen LogP contribution in [0.1, 0.15) is 26.4 Å². The fraction of sp³-hybridized carbons (Fsp3) is 0.143. The highest BCUT2D eigenvalue weighted by Crippen LogP contribution is 2.32. The van der Waals surface area contributed by atoms with Crippen LogP contribution in [0, 0.1) is 0 Å². The number of nitrogens with zero attached hydrogens (tertiary/aromatic N) is 3. The van der Waals surface area contributed by atoms with Gasteiger partial charge in [-0.2, -0.15) is 0 Å². The van der Waals surface area contributed by atoms with Crippen LogP contribution in [0.15, 0.2) is 60.8 Å². The SMILES string of the molecule is COC(=O)c1cccc(NC(=O)c2ccnc(N3CCc4ccccc43)n2)c1. The molecule has 0 atom stereocenters. The third kappa shape index (κ3) is 3.42. The molecule has 140 valence electrons. The highest BCUT2D eigenvalue weighted by atomic mass is 16.5. The Hall–Kier alpha value is -3.74. The Labute approximate surface area is 162 Å². The number of carbonyl (C=O) groups is 2. The van der Waals surface area contributed by atoms with Gasteiger partial charge in [-0.3, -0.25) is 4.79 Å². The molecule has 2 aromatic carbocycles. The van der Waals surface area contributed by atoms with Crippen LogP contribution >= 0.6 is 0 Å². The molecule has 0 fully saturated rings. The van der Waals surface area contributed by atoms with Gasteiger partial charge in [-0.1, -0.05) is 24.3 Å². The summed E-state index contributed by atoms with van der Waals surface area (Å²) in [7, 11) is 1.31. The van der Waals surface area contributed by atoms with Gasteiger partial charge in [-0.15, -0.1) is 0 Å². The molecule has 0 aliphatic carbocycles. The summed E-state index contributed by atoms with van der Waals surface area (Å²) in [6.45, 7) is 0.769. The minimum Gasteiger partial charge on any atom is -0.465 e. The van der Waals surface area contributed by atoms with Crippen molar-refractivity contribution in [3.63, 3.8) is 0 Å². The molecule has 1 aliphatic rings. The minimum atomic E-state index is -0.465. The Morgan fingerprint density at radius 2 is 1.96 bits per heavy atom. The standard InChI is InChI=1S/C21H18N4O3/c1-28-20(27)15-6-4-7-16(13-15)23-19(26)17-9-11-22-21(24-17)25-12-10-14-5-2-3-8-18(14)25/h2-9,11,13H,10,12H2,1H3,(H,23,26). The summed E-state index contributed by atoms with van der Waals surface area (Å²) in [5, 5.41) is 2.76. The zero-order valence-corrected chi connectivity index (χ0v) is 15.3. The largest absolute Gasteiger partial charge is 0.465 e. The molecule has 1 amide bonds. The van der Waals surface area contributed by atoms with Crippen LogP contribution < -0.4 is 10.2 Å². The predicted molar refractivity (Wildman–Crippen MR) is 105 cm³/mol. The molecule has 0 bridgehead atoms. The first kappa shape index (κ1) is 17.7. The molecule has 0 saturated heterocycles. The number of rotatable bonds is 4. The number of aromatic nitrogens is 2. The molecule has 0 radical (unpaired) electrons. The van der Waals surface area contributed by atoms with Gasteiger partial charge in [0.05, 0.1) is 12.7 Å². The van der Waals surface area contributed by atoms with E-state index in [4.69, 9.17) is 4.74 Å². The molecule has 0 saturated carbocycles. The number of hydrogen-bond acceptors (Lipinski definition) is 6. The second-order valence-corrected chi connectivity index (χ2v) is 6.30. The lowest BCUT2D eigenvalue weighted by atomic mass is 10.2. The van der Waals surface area contributed by atoms with Crippen molar-refractivity contribution in [3.8, 4) is 0 Å². The van der Waals surface area contributed by atoms with Gasteiger partial charge in [0, 0.05) is 24.1 Å². The van der Waals surface area contributed by atoms with E-state index in [1.54, 1.807) is 36.5 Å². The molecule has 7 heteroatoms. The third-order valence-corrected chi connectivity index (χ3v) is 4.55. The Morgan fingerprint density at radius 1 is 1.11 bits per heavy atom. The van der Waals surface area contributed by atoms with Crippen LogP contribution in [0.3, 0.4) is 0 Å². The van der Waals surface area contributed by atoms with E-state index in [-0.39, 0.29) is 11.6 Å². The number of amides is 1. The van der Waals surface area contributed by atoms with Crippen molar-refractivity contribution < 1.29 is 14.3 Å². The van der Waals surface area contributed by atoms with Crippen LogP contribution in [-0.4, -0.2) is 35.5 Å². The number of hydrogen-bond donors (Lipinski definition) is 1. The van der Waals surface area contributed by atoms with Gasteiger partial charge in [0.2, 0.25) is 5.95 Å². The molecule has 3 aromatic rings. The summed E-state index contributed by atoms with van der Waals surface area (Å²) < 4.78 is 4.70. The Bertz CT molecular complexity index is 1050. The first-order chi connectivity index (χ1) is 13.7. The van der Waals surface area contributed by atoms with E-state index in [9.17, 15) is 9.59 Å². The van der Waals surface area contributed by atoms with Crippen LogP contribution in [0.4, 0.5) is 17.3 Å². The summed E-state index contributed by atoms with van der Waals surface area (Å²) in [5.74, 6) is -0.354. The van der Waals surface area contributed by atoms with Crippen molar-refractivity contribution in [2.75, 3.05) is 23.9 Å². The maximum atomic E-state index is 12.6. The monoisotopic (exact) mass is 374 g/mol. The smallest absolute Gasteiger partial charge is 0.337 e. The second-order valence-electron chi connectivity index (χ2n) is 6.30. The first-order valence-electron chi connectivity index (χ1n) is 8.84. The quantitative estimate of drug-likeness (QED) is 0.706. The zero-order chi connectivity index (χ0) is 19.5. The zero-order valence-electron chi connectivity index (χ0n) is 15.3. The minimum absolute atomic E-state index is 0.248. The fourth-order valence-corrected chi connectivity index (χ4v) is 3.19. The number of ether oxygens (including phenoxy) is 1. The van der Waals surface area contributed by atoms with Crippen molar-refractivity contribution in [1.29, 1.82) is 0 Å². The summed E-state index contributed by atoms with van der Waals surface area (Å²) in [6, 6.07) is 16.2. The number of carbonyl (C=O) groups excluding carboxylic acids is 2. The molecule has 28 heavy (non-hydrogen) atoms. The number of nitrogens with one attached hydrogen (secondary N) is 1. The fourth-order valence-electron chi connectivity index (χ4n) is 3.19. The predicted octanol–water partition coefficient (Wildman–Crippen LogP) is 3.21. The van der Waals surface area contributed by atoms with Gasteiger partial charge in [0.15, 0.2) is 0 Å². The molecule has 0 unspecified atom stereocenters.